The van der Waals surface area contributed by atoms with Gasteiger partial charge in [0.2, 0.25) is 0 Å². The summed E-state index contributed by atoms with van der Waals surface area (Å²) in [7, 11) is 1.98. The van der Waals surface area contributed by atoms with Crippen molar-refractivity contribution in [1.82, 2.24) is 5.32 Å². The summed E-state index contributed by atoms with van der Waals surface area (Å²) in [6.45, 7) is 5.85. The summed E-state index contributed by atoms with van der Waals surface area (Å²) >= 11 is 0. The van der Waals surface area contributed by atoms with Crippen molar-refractivity contribution in [2.24, 2.45) is 0 Å². The van der Waals surface area contributed by atoms with Gasteiger partial charge in [-0.15, -0.1) is 0 Å². The number of hydrogen-bond acceptors (Lipinski definition) is 2. The van der Waals surface area contributed by atoms with Gasteiger partial charge < -0.3 is 10.1 Å². The van der Waals surface area contributed by atoms with Crippen LogP contribution in [0.25, 0.3) is 0 Å². The van der Waals surface area contributed by atoms with E-state index in [0.29, 0.717) is 6.61 Å². The molecule has 0 spiro atoms. The molecule has 0 aliphatic carbocycles. The molecule has 0 amide bonds. The van der Waals surface area contributed by atoms with Crippen LogP contribution in [0.5, 0.6) is 5.75 Å². The quantitative estimate of drug-likeness (QED) is 0.864. The number of ether oxygens (including phenoxy) is 1. The fourth-order valence-electron chi connectivity index (χ4n) is 2.11. The molecule has 2 rings (SSSR count). The zero-order valence-corrected chi connectivity index (χ0v) is 12.6. The smallest absolute Gasteiger partial charge is 0.122 e. The number of hydrogen-bond donors (Lipinski definition) is 1. The molecule has 2 aromatic rings. The fraction of sp³-hybridized carbons (Fsp3) is 0.333. The van der Waals surface area contributed by atoms with Gasteiger partial charge in [0, 0.05) is 0 Å². The van der Waals surface area contributed by atoms with Gasteiger partial charge in [-0.25, -0.2) is 0 Å². The van der Waals surface area contributed by atoms with Crippen molar-refractivity contribution in [3.63, 3.8) is 0 Å². The second-order valence-electron chi connectivity index (χ2n) is 5.16. The van der Waals surface area contributed by atoms with Gasteiger partial charge in [0.05, 0.1) is 0 Å². The van der Waals surface area contributed by atoms with E-state index in [1.807, 2.05) is 19.2 Å². The first-order valence-corrected chi connectivity index (χ1v) is 7.12. The number of rotatable bonds is 6. The SMILES string of the molecule is CNCCc1ccc(COc2cccc(C)c2C)cc1. The van der Waals surface area contributed by atoms with E-state index in [-0.39, 0.29) is 0 Å². The maximum absolute atomic E-state index is 5.91. The Morgan fingerprint density at radius 2 is 1.65 bits per heavy atom. The number of aryl methyl sites for hydroxylation is 1. The zero-order valence-electron chi connectivity index (χ0n) is 12.6. The van der Waals surface area contributed by atoms with Gasteiger partial charge in [0.1, 0.15) is 12.4 Å². The zero-order chi connectivity index (χ0) is 14.4. The summed E-state index contributed by atoms with van der Waals surface area (Å²) in [5.41, 5.74) is 5.05. The van der Waals surface area contributed by atoms with Crippen molar-refractivity contribution in [2.45, 2.75) is 26.9 Å². The lowest BCUT2D eigenvalue weighted by Gasteiger charge is -2.11. The van der Waals surface area contributed by atoms with Gasteiger partial charge in [-0.3, -0.25) is 0 Å². The molecule has 106 valence electrons. The first kappa shape index (κ1) is 14.6. The van der Waals surface area contributed by atoms with Gasteiger partial charge >= 0.3 is 0 Å². The molecule has 20 heavy (non-hydrogen) atoms. The highest BCUT2D eigenvalue weighted by Gasteiger charge is 2.02. The Balaban J connectivity index is 1.95. The van der Waals surface area contributed by atoms with Crippen molar-refractivity contribution in [1.29, 1.82) is 0 Å². The summed E-state index contributed by atoms with van der Waals surface area (Å²) in [5.74, 6) is 0.976. The highest BCUT2D eigenvalue weighted by molar-refractivity contribution is 5.38. The summed E-state index contributed by atoms with van der Waals surface area (Å²) in [6, 6.07) is 14.8. The second-order valence-corrected chi connectivity index (χ2v) is 5.16. The molecule has 0 bridgehead atoms. The van der Waals surface area contributed by atoms with Crippen LogP contribution in [0, 0.1) is 13.8 Å². The minimum absolute atomic E-state index is 0.622. The van der Waals surface area contributed by atoms with E-state index < -0.39 is 0 Å². The maximum Gasteiger partial charge on any atom is 0.122 e. The van der Waals surface area contributed by atoms with Crippen LogP contribution in [0.2, 0.25) is 0 Å². The normalized spacial score (nSPS) is 10.6. The first-order valence-electron chi connectivity index (χ1n) is 7.12. The van der Waals surface area contributed by atoms with Crippen LogP contribution < -0.4 is 10.1 Å². The van der Waals surface area contributed by atoms with Gasteiger partial charge in [0.15, 0.2) is 0 Å². The van der Waals surface area contributed by atoms with Crippen LogP contribution in [-0.4, -0.2) is 13.6 Å². The molecular formula is C18H23NO. The minimum atomic E-state index is 0.622. The summed E-state index contributed by atoms with van der Waals surface area (Å²) in [4.78, 5) is 0. The van der Waals surface area contributed by atoms with Crippen LogP contribution in [0.15, 0.2) is 42.5 Å². The van der Waals surface area contributed by atoms with Crippen molar-refractivity contribution in [2.75, 3.05) is 13.6 Å². The lowest BCUT2D eigenvalue weighted by molar-refractivity contribution is 0.304. The third-order valence-electron chi connectivity index (χ3n) is 3.64. The van der Waals surface area contributed by atoms with Crippen LogP contribution in [0.3, 0.4) is 0 Å². The Labute approximate surface area is 121 Å². The summed E-state index contributed by atoms with van der Waals surface area (Å²) in [5, 5.41) is 3.16. The predicted molar refractivity (Wildman–Crippen MR) is 84.3 cm³/mol. The highest BCUT2D eigenvalue weighted by atomic mass is 16.5. The van der Waals surface area contributed by atoms with E-state index in [4.69, 9.17) is 4.74 Å². The second kappa shape index (κ2) is 7.11. The van der Waals surface area contributed by atoms with Crippen molar-refractivity contribution < 1.29 is 4.74 Å². The molecule has 2 nitrogen and oxygen atoms in total. The van der Waals surface area contributed by atoms with Gasteiger partial charge in [-0.1, -0.05) is 36.4 Å². The Kier molecular flexibility index (Phi) is 5.19. The number of benzene rings is 2. The fourth-order valence-corrected chi connectivity index (χ4v) is 2.11. The molecule has 0 aliphatic heterocycles. The van der Waals surface area contributed by atoms with Crippen LogP contribution in [-0.2, 0) is 13.0 Å². The van der Waals surface area contributed by atoms with E-state index >= 15 is 0 Å². The molecule has 0 radical (unpaired) electrons. The molecule has 0 heterocycles. The molecular weight excluding hydrogens is 246 g/mol. The monoisotopic (exact) mass is 269 g/mol. The minimum Gasteiger partial charge on any atom is -0.489 e. The Morgan fingerprint density at radius 1 is 0.950 bits per heavy atom. The van der Waals surface area contributed by atoms with Crippen molar-refractivity contribution >= 4 is 0 Å². The van der Waals surface area contributed by atoms with Gasteiger partial charge in [-0.2, -0.15) is 0 Å². The Hall–Kier alpha value is -1.80. The molecule has 0 saturated carbocycles. The molecule has 0 unspecified atom stereocenters. The van der Waals surface area contributed by atoms with Crippen LogP contribution in [0.4, 0.5) is 0 Å². The lowest BCUT2D eigenvalue weighted by atomic mass is 10.1. The molecule has 0 aromatic heterocycles. The number of nitrogens with one attached hydrogen (secondary N) is 1. The molecule has 2 heteroatoms. The third-order valence-corrected chi connectivity index (χ3v) is 3.64. The highest BCUT2D eigenvalue weighted by Crippen LogP contribution is 2.21. The van der Waals surface area contributed by atoms with E-state index in [2.05, 4.69) is 49.5 Å². The Morgan fingerprint density at radius 3 is 2.35 bits per heavy atom. The van der Waals surface area contributed by atoms with Crippen LogP contribution >= 0.6 is 0 Å². The number of likely N-dealkylation sites (N-methyl/N-ethyl adjacent to an activating group) is 1. The van der Waals surface area contributed by atoms with Crippen molar-refractivity contribution in [3.05, 3.63) is 64.7 Å². The average molecular weight is 269 g/mol. The molecule has 0 saturated heterocycles. The molecule has 0 fully saturated rings. The predicted octanol–water partition coefficient (Wildman–Crippen LogP) is 3.64. The van der Waals surface area contributed by atoms with Crippen molar-refractivity contribution in [3.8, 4) is 5.75 Å². The van der Waals surface area contributed by atoms with E-state index in [0.717, 1.165) is 18.7 Å². The standard InChI is InChI=1S/C18H23NO/c1-14-5-4-6-18(15(14)2)20-13-17-9-7-16(8-10-17)11-12-19-3/h4-10,19H,11-13H2,1-3H3. The Bertz CT molecular complexity index is 546. The molecule has 1 N–H and O–H groups in total. The largest absolute Gasteiger partial charge is 0.489 e. The van der Waals surface area contributed by atoms with Gasteiger partial charge in [-0.05, 0) is 62.2 Å². The summed E-state index contributed by atoms with van der Waals surface area (Å²) in [6.07, 6.45) is 1.06. The lowest BCUT2D eigenvalue weighted by Crippen LogP contribution is -2.10. The van der Waals surface area contributed by atoms with E-state index in [1.54, 1.807) is 0 Å². The van der Waals surface area contributed by atoms with E-state index in [1.165, 1.54) is 22.3 Å². The molecule has 0 aliphatic rings. The van der Waals surface area contributed by atoms with E-state index in [9.17, 15) is 0 Å². The van der Waals surface area contributed by atoms with Gasteiger partial charge in [0.25, 0.3) is 0 Å². The molecule has 2 aromatic carbocycles. The van der Waals surface area contributed by atoms with Crippen LogP contribution in [0.1, 0.15) is 22.3 Å². The average Bonchev–Trinajstić information content (AvgIpc) is 2.48. The maximum atomic E-state index is 5.91. The topological polar surface area (TPSA) is 21.3 Å². The third kappa shape index (κ3) is 3.84. The molecule has 0 atom stereocenters. The first-order chi connectivity index (χ1) is 9.70. The summed E-state index contributed by atoms with van der Waals surface area (Å²) < 4.78 is 5.91.